The van der Waals surface area contributed by atoms with Crippen molar-refractivity contribution in [1.29, 1.82) is 0 Å². The number of hydrogen-bond acceptors (Lipinski definition) is 4. The molecule has 2 fully saturated rings. The number of carbonyl (C=O) groups is 3. The van der Waals surface area contributed by atoms with Gasteiger partial charge in [0.05, 0.1) is 17.5 Å². The minimum Gasteiger partial charge on any atom is -0.324 e. The van der Waals surface area contributed by atoms with Gasteiger partial charge in [0, 0.05) is 17.3 Å². The van der Waals surface area contributed by atoms with Gasteiger partial charge in [0.1, 0.15) is 5.54 Å². The van der Waals surface area contributed by atoms with Crippen LogP contribution in [0.25, 0.3) is 0 Å². The van der Waals surface area contributed by atoms with E-state index in [9.17, 15) is 14.4 Å². The van der Waals surface area contributed by atoms with Gasteiger partial charge in [-0.25, -0.2) is 4.90 Å². The first-order valence-corrected chi connectivity index (χ1v) is 10.4. The number of benzene rings is 2. The molecule has 0 saturated carbocycles. The van der Waals surface area contributed by atoms with Crippen LogP contribution in [0.15, 0.2) is 42.5 Å². The molecular weight excluding hydrogens is 378 g/mol. The van der Waals surface area contributed by atoms with E-state index in [4.69, 9.17) is 0 Å². The highest BCUT2D eigenvalue weighted by molar-refractivity contribution is 6.26. The van der Waals surface area contributed by atoms with Crippen LogP contribution in [0.5, 0.6) is 0 Å². The third-order valence-electron chi connectivity index (χ3n) is 6.94. The lowest BCUT2D eigenvalue weighted by Crippen LogP contribution is -2.54. The van der Waals surface area contributed by atoms with E-state index in [0.29, 0.717) is 11.4 Å². The summed E-state index contributed by atoms with van der Waals surface area (Å²) in [4.78, 5) is 42.3. The molecule has 6 heteroatoms. The van der Waals surface area contributed by atoms with Crippen molar-refractivity contribution < 1.29 is 14.4 Å². The summed E-state index contributed by atoms with van der Waals surface area (Å²) < 4.78 is 0. The van der Waals surface area contributed by atoms with Crippen LogP contribution in [-0.2, 0) is 19.9 Å². The zero-order chi connectivity index (χ0) is 21.4. The van der Waals surface area contributed by atoms with Gasteiger partial charge in [0.2, 0.25) is 17.7 Å². The molecule has 2 aromatic rings. The third kappa shape index (κ3) is 2.20. The van der Waals surface area contributed by atoms with Crippen LogP contribution in [-0.4, -0.2) is 23.8 Å². The van der Waals surface area contributed by atoms with Gasteiger partial charge in [-0.3, -0.25) is 19.7 Å². The zero-order valence-corrected chi connectivity index (χ0v) is 17.5. The molecule has 0 aromatic heterocycles. The Morgan fingerprint density at radius 2 is 1.60 bits per heavy atom. The number of para-hydroxylation sites is 2. The Hall–Kier alpha value is -2.99. The Kier molecular flexibility index (Phi) is 3.96. The fourth-order valence-electron chi connectivity index (χ4n) is 5.64. The minimum atomic E-state index is -1.23. The first kappa shape index (κ1) is 19.0. The molecule has 2 saturated heterocycles. The lowest BCUT2D eigenvalue weighted by atomic mass is 9.76. The van der Waals surface area contributed by atoms with Crippen LogP contribution < -0.4 is 15.5 Å². The molecule has 0 bridgehead atoms. The van der Waals surface area contributed by atoms with Gasteiger partial charge in [0.15, 0.2) is 0 Å². The summed E-state index contributed by atoms with van der Waals surface area (Å²) in [5.74, 6) is -2.07. The Morgan fingerprint density at radius 3 is 2.27 bits per heavy atom. The minimum absolute atomic E-state index is 0.0760. The van der Waals surface area contributed by atoms with E-state index in [-0.39, 0.29) is 29.7 Å². The van der Waals surface area contributed by atoms with Crippen molar-refractivity contribution in [2.24, 2.45) is 17.8 Å². The number of hydrogen-bond donors (Lipinski definition) is 2. The van der Waals surface area contributed by atoms with E-state index in [0.717, 1.165) is 16.7 Å². The van der Waals surface area contributed by atoms with Crippen LogP contribution in [0.4, 0.5) is 11.4 Å². The van der Waals surface area contributed by atoms with Gasteiger partial charge in [-0.05, 0) is 37.0 Å². The Labute approximate surface area is 175 Å². The van der Waals surface area contributed by atoms with Crippen LogP contribution in [0.2, 0.25) is 0 Å². The second kappa shape index (κ2) is 6.25. The van der Waals surface area contributed by atoms with Crippen molar-refractivity contribution in [3.05, 3.63) is 59.2 Å². The van der Waals surface area contributed by atoms with Gasteiger partial charge in [-0.15, -0.1) is 0 Å². The summed E-state index contributed by atoms with van der Waals surface area (Å²) >= 11 is 0. The van der Waals surface area contributed by atoms with Crippen molar-refractivity contribution >= 4 is 29.1 Å². The standard InChI is InChI=1S/C24H25N3O3/c1-12(2)19-17-18(24(26-19)15-10-5-6-11-16(15)25-23(24)30)22(29)27(21(17)28)20-13(3)8-7-9-14(20)4/h5-12,17-19,26H,1-4H3,(H,25,30)/t17-,18-,19+,24+/m0/s1. The van der Waals surface area contributed by atoms with Gasteiger partial charge in [-0.2, -0.15) is 0 Å². The SMILES string of the molecule is Cc1cccc(C)c1N1C(=O)[C@@H]2[C@@H](C(C)C)N[C@@]3(C(=O)Nc4ccccc43)[C@@H]2C1=O. The molecule has 5 rings (SSSR count). The van der Waals surface area contributed by atoms with Crippen molar-refractivity contribution in [2.75, 3.05) is 10.2 Å². The molecule has 30 heavy (non-hydrogen) atoms. The van der Waals surface area contributed by atoms with Crippen LogP contribution >= 0.6 is 0 Å². The molecule has 3 heterocycles. The second-order valence-corrected chi connectivity index (χ2v) is 8.98. The molecule has 4 atom stereocenters. The van der Waals surface area contributed by atoms with Crippen molar-refractivity contribution in [1.82, 2.24) is 5.32 Å². The van der Waals surface area contributed by atoms with Gasteiger partial charge < -0.3 is 5.32 Å². The fourth-order valence-corrected chi connectivity index (χ4v) is 5.64. The number of amides is 3. The molecule has 0 radical (unpaired) electrons. The van der Waals surface area contributed by atoms with Crippen molar-refractivity contribution in [2.45, 2.75) is 39.3 Å². The Bertz CT molecular complexity index is 1090. The summed E-state index contributed by atoms with van der Waals surface area (Å²) in [7, 11) is 0. The maximum absolute atomic E-state index is 13.9. The largest absolute Gasteiger partial charge is 0.324 e. The lowest BCUT2D eigenvalue weighted by molar-refractivity contribution is -0.130. The first-order chi connectivity index (χ1) is 14.3. The number of nitrogens with one attached hydrogen (secondary N) is 2. The Balaban J connectivity index is 1.72. The van der Waals surface area contributed by atoms with E-state index >= 15 is 0 Å². The molecule has 6 nitrogen and oxygen atoms in total. The number of carbonyl (C=O) groups excluding carboxylic acids is 3. The van der Waals surface area contributed by atoms with Gasteiger partial charge in [0.25, 0.3) is 0 Å². The van der Waals surface area contributed by atoms with Crippen molar-refractivity contribution in [3.8, 4) is 0 Å². The van der Waals surface area contributed by atoms with E-state index in [1.807, 2.05) is 70.2 Å². The van der Waals surface area contributed by atoms with Gasteiger partial charge in [-0.1, -0.05) is 50.2 Å². The number of imide groups is 1. The highest BCUT2D eigenvalue weighted by Crippen LogP contribution is 2.54. The molecule has 3 amide bonds. The predicted molar refractivity (Wildman–Crippen MR) is 114 cm³/mol. The van der Waals surface area contributed by atoms with Crippen LogP contribution in [0.3, 0.4) is 0 Å². The molecule has 3 aliphatic rings. The number of nitrogens with zero attached hydrogens (tertiary/aromatic N) is 1. The molecule has 2 N–H and O–H groups in total. The smallest absolute Gasteiger partial charge is 0.250 e. The molecule has 0 unspecified atom stereocenters. The van der Waals surface area contributed by atoms with E-state index in [1.54, 1.807) is 0 Å². The van der Waals surface area contributed by atoms with Crippen molar-refractivity contribution in [3.63, 3.8) is 0 Å². The summed E-state index contributed by atoms with van der Waals surface area (Å²) in [5, 5.41) is 6.39. The number of anilines is 2. The normalized spacial score (nSPS) is 29.7. The summed E-state index contributed by atoms with van der Waals surface area (Å²) in [6.45, 7) is 7.85. The van der Waals surface area contributed by atoms with E-state index in [2.05, 4.69) is 10.6 Å². The summed E-state index contributed by atoms with van der Waals surface area (Å²) in [6.07, 6.45) is 0. The molecule has 3 aliphatic heterocycles. The third-order valence-corrected chi connectivity index (χ3v) is 6.94. The number of rotatable bonds is 2. The molecular formula is C24H25N3O3. The first-order valence-electron chi connectivity index (χ1n) is 10.4. The van der Waals surface area contributed by atoms with Crippen LogP contribution in [0.1, 0.15) is 30.5 Å². The number of aryl methyl sites for hydroxylation is 2. The molecule has 1 spiro atoms. The zero-order valence-electron chi connectivity index (χ0n) is 17.5. The van der Waals surface area contributed by atoms with Crippen LogP contribution in [0, 0.1) is 31.6 Å². The molecule has 0 aliphatic carbocycles. The summed E-state index contributed by atoms with van der Waals surface area (Å²) in [5.41, 5.74) is 2.61. The topological polar surface area (TPSA) is 78.5 Å². The average Bonchev–Trinajstić information content (AvgIpc) is 3.29. The lowest BCUT2D eigenvalue weighted by Gasteiger charge is -2.31. The molecule has 154 valence electrons. The quantitative estimate of drug-likeness (QED) is 0.756. The highest BCUT2D eigenvalue weighted by atomic mass is 16.2. The van der Waals surface area contributed by atoms with Gasteiger partial charge >= 0.3 is 0 Å². The average molecular weight is 403 g/mol. The number of fused-ring (bicyclic) bond motifs is 4. The molecule has 2 aromatic carbocycles. The predicted octanol–water partition coefficient (Wildman–Crippen LogP) is 2.88. The fraction of sp³-hybridized carbons (Fsp3) is 0.375. The maximum atomic E-state index is 13.9. The second-order valence-electron chi connectivity index (χ2n) is 8.98. The monoisotopic (exact) mass is 403 g/mol. The summed E-state index contributed by atoms with van der Waals surface area (Å²) in [6, 6.07) is 12.9. The van der Waals surface area contributed by atoms with E-state index in [1.165, 1.54) is 4.90 Å². The maximum Gasteiger partial charge on any atom is 0.250 e. The Morgan fingerprint density at radius 1 is 0.933 bits per heavy atom. The highest BCUT2D eigenvalue weighted by Gasteiger charge is 2.71. The van der Waals surface area contributed by atoms with E-state index < -0.39 is 17.4 Å².